The molecule has 0 aliphatic heterocycles. The molecule has 0 bridgehead atoms. The number of allylic oxidation sites excluding steroid dienone is 8. The molecular formula is C13H12N2O2. The summed E-state index contributed by atoms with van der Waals surface area (Å²) in [4.78, 5) is 15.0. The topological polar surface area (TPSA) is 62.4 Å². The zero-order valence-corrected chi connectivity index (χ0v) is 9.46. The lowest BCUT2D eigenvalue weighted by Gasteiger charge is -2.05. The van der Waals surface area contributed by atoms with Gasteiger partial charge in [0.1, 0.15) is 0 Å². The van der Waals surface area contributed by atoms with Crippen molar-refractivity contribution >= 4 is 11.8 Å². The fourth-order valence-electron chi connectivity index (χ4n) is 1.18. The minimum Gasteiger partial charge on any atom is -0.448 e. The highest BCUT2D eigenvalue weighted by Crippen LogP contribution is 2.09. The first-order valence-electron chi connectivity index (χ1n) is 5.15. The van der Waals surface area contributed by atoms with Gasteiger partial charge in [0.05, 0.1) is 18.4 Å². The van der Waals surface area contributed by atoms with E-state index in [1.165, 1.54) is 6.08 Å². The molecule has 1 aliphatic carbocycles. The second kappa shape index (κ2) is 6.96. The number of hydrogen-bond acceptors (Lipinski definition) is 3. The number of nitrogens with zero attached hydrogens (tertiary/aromatic N) is 2. The van der Waals surface area contributed by atoms with E-state index in [4.69, 9.17) is 10.00 Å². The van der Waals surface area contributed by atoms with Crippen molar-refractivity contribution in [2.24, 2.45) is 4.99 Å². The lowest BCUT2D eigenvalue weighted by molar-refractivity contribution is 0.163. The summed E-state index contributed by atoms with van der Waals surface area (Å²) >= 11 is 0. The summed E-state index contributed by atoms with van der Waals surface area (Å²) in [7, 11) is 0. The van der Waals surface area contributed by atoms with Crippen molar-refractivity contribution in [3.8, 4) is 6.07 Å². The van der Waals surface area contributed by atoms with E-state index in [1.54, 1.807) is 37.3 Å². The third kappa shape index (κ3) is 4.31. The van der Waals surface area contributed by atoms with Crippen molar-refractivity contribution in [3.63, 3.8) is 0 Å². The van der Waals surface area contributed by atoms with Crippen molar-refractivity contribution in [2.75, 3.05) is 6.61 Å². The van der Waals surface area contributed by atoms with E-state index in [2.05, 4.69) is 4.99 Å². The summed E-state index contributed by atoms with van der Waals surface area (Å²) in [6.07, 6.45) is 11.2. The van der Waals surface area contributed by atoms with E-state index >= 15 is 0 Å². The fraction of sp³-hybridized carbons (Fsp3) is 0.154. The molecule has 0 aromatic rings. The third-order valence-electron chi connectivity index (χ3n) is 1.86. The summed E-state index contributed by atoms with van der Waals surface area (Å²) in [6, 6.07) is 1.88. The lowest BCUT2D eigenvalue weighted by Crippen LogP contribution is -2.06. The van der Waals surface area contributed by atoms with Gasteiger partial charge in [0.2, 0.25) is 0 Å². The van der Waals surface area contributed by atoms with Gasteiger partial charge in [-0.25, -0.2) is 4.79 Å². The molecule has 17 heavy (non-hydrogen) atoms. The smallest absolute Gasteiger partial charge is 0.434 e. The molecule has 1 rings (SSSR count). The molecule has 0 spiro atoms. The van der Waals surface area contributed by atoms with E-state index < -0.39 is 6.09 Å². The Kier molecular flexibility index (Phi) is 5.18. The molecular weight excluding hydrogens is 216 g/mol. The monoisotopic (exact) mass is 228 g/mol. The molecule has 1 amide bonds. The van der Waals surface area contributed by atoms with Crippen LogP contribution >= 0.6 is 0 Å². The number of amides is 1. The van der Waals surface area contributed by atoms with Gasteiger partial charge in [-0.3, -0.25) is 0 Å². The van der Waals surface area contributed by atoms with E-state index in [-0.39, 0.29) is 0 Å². The van der Waals surface area contributed by atoms with Crippen molar-refractivity contribution in [2.45, 2.75) is 6.92 Å². The van der Waals surface area contributed by atoms with Gasteiger partial charge >= 0.3 is 6.09 Å². The predicted molar refractivity (Wildman–Crippen MR) is 65.6 cm³/mol. The van der Waals surface area contributed by atoms with Crippen LogP contribution in [0.3, 0.4) is 0 Å². The molecule has 4 nitrogen and oxygen atoms in total. The number of carbonyl (C=O) groups excluding carboxylic acids is 1. The highest BCUT2D eigenvalue weighted by atomic mass is 16.5. The Balaban J connectivity index is 2.89. The Morgan fingerprint density at radius 2 is 2.29 bits per heavy atom. The number of nitriles is 1. The van der Waals surface area contributed by atoms with Crippen LogP contribution in [0.2, 0.25) is 0 Å². The number of aliphatic imine (C=N–C) groups is 1. The Morgan fingerprint density at radius 1 is 1.53 bits per heavy atom. The van der Waals surface area contributed by atoms with Gasteiger partial charge in [-0.05, 0) is 13.0 Å². The molecule has 0 aromatic carbocycles. The zero-order valence-electron chi connectivity index (χ0n) is 9.46. The SMILES string of the molecule is CCOC(=O)N=C1C=CC=CC1=CC=CC#N. The molecule has 0 saturated carbocycles. The summed E-state index contributed by atoms with van der Waals surface area (Å²) in [5.74, 6) is 0. The largest absolute Gasteiger partial charge is 0.448 e. The van der Waals surface area contributed by atoms with Crippen LogP contribution in [-0.2, 0) is 4.74 Å². The van der Waals surface area contributed by atoms with Crippen LogP contribution in [0.4, 0.5) is 4.79 Å². The molecule has 86 valence electrons. The number of rotatable bonds is 2. The first-order chi connectivity index (χ1) is 8.27. The maximum atomic E-state index is 11.2. The van der Waals surface area contributed by atoms with Crippen molar-refractivity contribution in [3.05, 3.63) is 48.1 Å². The van der Waals surface area contributed by atoms with Crippen LogP contribution in [0.15, 0.2) is 53.1 Å². The lowest BCUT2D eigenvalue weighted by atomic mass is 10.1. The molecule has 0 saturated heterocycles. The predicted octanol–water partition coefficient (Wildman–Crippen LogP) is 2.72. The van der Waals surface area contributed by atoms with Gasteiger partial charge in [0.25, 0.3) is 0 Å². The molecule has 0 aromatic heterocycles. The van der Waals surface area contributed by atoms with Gasteiger partial charge < -0.3 is 4.74 Å². The van der Waals surface area contributed by atoms with Crippen molar-refractivity contribution in [1.82, 2.24) is 0 Å². The molecule has 4 heteroatoms. The van der Waals surface area contributed by atoms with E-state index in [9.17, 15) is 4.79 Å². The molecule has 0 unspecified atom stereocenters. The Labute approximate surface area is 99.9 Å². The zero-order chi connectivity index (χ0) is 12.5. The van der Waals surface area contributed by atoms with Gasteiger partial charge in [-0.1, -0.05) is 30.4 Å². The second-order valence-electron chi connectivity index (χ2n) is 3.02. The summed E-state index contributed by atoms with van der Waals surface area (Å²) < 4.78 is 4.74. The Bertz CT molecular complexity index is 474. The molecule has 1 aliphatic rings. The van der Waals surface area contributed by atoms with Crippen LogP contribution in [0.5, 0.6) is 0 Å². The average Bonchev–Trinajstić information content (AvgIpc) is 2.32. The van der Waals surface area contributed by atoms with Gasteiger partial charge in [-0.15, -0.1) is 0 Å². The van der Waals surface area contributed by atoms with E-state index in [1.807, 2.05) is 12.1 Å². The first-order valence-corrected chi connectivity index (χ1v) is 5.15. The van der Waals surface area contributed by atoms with E-state index in [0.29, 0.717) is 12.3 Å². The maximum absolute atomic E-state index is 11.2. The Morgan fingerprint density at radius 3 is 3.00 bits per heavy atom. The van der Waals surface area contributed by atoms with Crippen LogP contribution in [-0.4, -0.2) is 18.4 Å². The van der Waals surface area contributed by atoms with Gasteiger partial charge in [-0.2, -0.15) is 10.3 Å². The maximum Gasteiger partial charge on any atom is 0.434 e. The molecule has 0 atom stereocenters. The molecule has 0 heterocycles. The van der Waals surface area contributed by atoms with Gasteiger partial charge in [0, 0.05) is 11.6 Å². The standard InChI is InChI=1S/C13H12N2O2/c1-2-17-13(16)15-12-9-4-3-7-11(12)8-5-6-10-14/h3-9H,2H2,1H3. The van der Waals surface area contributed by atoms with Crippen LogP contribution < -0.4 is 0 Å². The minimum absolute atomic E-state index is 0.294. The third-order valence-corrected chi connectivity index (χ3v) is 1.86. The fourth-order valence-corrected chi connectivity index (χ4v) is 1.18. The van der Waals surface area contributed by atoms with Crippen LogP contribution in [0.1, 0.15) is 6.92 Å². The average molecular weight is 228 g/mol. The summed E-state index contributed by atoms with van der Waals surface area (Å²) in [5, 5.41) is 8.37. The van der Waals surface area contributed by atoms with E-state index in [0.717, 1.165) is 5.57 Å². The number of hydrogen-bond donors (Lipinski definition) is 0. The second-order valence-corrected chi connectivity index (χ2v) is 3.02. The summed E-state index contributed by atoms with van der Waals surface area (Å²) in [5.41, 5.74) is 1.28. The van der Waals surface area contributed by atoms with Crippen molar-refractivity contribution < 1.29 is 9.53 Å². The minimum atomic E-state index is -0.613. The summed E-state index contributed by atoms with van der Waals surface area (Å²) in [6.45, 7) is 2.02. The highest BCUT2D eigenvalue weighted by molar-refractivity contribution is 6.14. The number of ether oxygens (including phenoxy) is 1. The molecule has 0 N–H and O–H groups in total. The number of carbonyl (C=O) groups is 1. The van der Waals surface area contributed by atoms with Crippen LogP contribution in [0.25, 0.3) is 0 Å². The van der Waals surface area contributed by atoms with Crippen molar-refractivity contribution in [1.29, 1.82) is 5.26 Å². The Hall–Kier alpha value is -2.41. The molecule has 0 radical (unpaired) electrons. The highest BCUT2D eigenvalue weighted by Gasteiger charge is 2.06. The molecule has 0 fully saturated rings. The van der Waals surface area contributed by atoms with Crippen LogP contribution in [0, 0.1) is 11.3 Å². The van der Waals surface area contributed by atoms with Gasteiger partial charge in [0.15, 0.2) is 0 Å². The quantitative estimate of drug-likeness (QED) is 0.682. The first kappa shape index (κ1) is 12.7. The normalized spacial score (nSPS) is 18.8.